The van der Waals surface area contributed by atoms with Crippen molar-refractivity contribution in [3.05, 3.63) is 94.1 Å². The highest BCUT2D eigenvalue weighted by Crippen LogP contribution is 2.39. The van der Waals surface area contributed by atoms with Crippen LogP contribution in [0.25, 0.3) is 0 Å². The van der Waals surface area contributed by atoms with Crippen LogP contribution in [0.3, 0.4) is 0 Å². The number of piperidine rings is 2. The number of imide groups is 1. The van der Waals surface area contributed by atoms with Crippen molar-refractivity contribution >= 4 is 56.4 Å². The van der Waals surface area contributed by atoms with Gasteiger partial charge in [0.1, 0.15) is 10.8 Å². The predicted molar refractivity (Wildman–Crippen MR) is 208 cm³/mol. The van der Waals surface area contributed by atoms with E-state index in [0.717, 1.165) is 49.2 Å². The zero-order valence-electron chi connectivity index (χ0n) is 30.8. The molecule has 280 valence electrons. The van der Waals surface area contributed by atoms with Gasteiger partial charge in [0.15, 0.2) is 15.7 Å². The lowest BCUT2D eigenvalue weighted by molar-refractivity contribution is -0.134. The summed E-state index contributed by atoms with van der Waals surface area (Å²) in [5.41, 5.74) is 5.58. The summed E-state index contributed by atoms with van der Waals surface area (Å²) in [6.45, 7) is 12.0. The van der Waals surface area contributed by atoms with Crippen molar-refractivity contribution in [3.63, 3.8) is 0 Å². The number of halogens is 1. The smallest absolute Gasteiger partial charge is 0.234 e. The molecule has 2 saturated heterocycles. The van der Waals surface area contributed by atoms with E-state index in [9.17, 15) is 18.0 Å². The first-order valence-corrected chi connectivity index (χ1v) is 20.1. The number of hydrogen-bond acceptors (Lipinski definition) is 10. The van der Waals surface area contributed by atoms with Crippen LogP contribution in [-0.2, 0) is 26.0 Å². The number of aryl methyl sites for hydroxylation is 1. The lowest BCUT2D eigenvalue weighted by atomic mass is 9.86. The van der Waals surface area contributed by atoms with Gasteiger partial charge in [0.25, 0.3) is 0 Å². The van der Waals surface area contributed by atoms with Gasteiger partial charge in [-0.25, -0.2) is 13.4 Å². The van der Waals surface area contributed by atoms with Crippen molar-refractivity contribution in [1.29, 1.82) is 0 Å². The number of rotatable bonds is 12. The summed E-state index contributed by atoms with van der Waals surface area (Å²) in [4.78, 5) is 35.7. The summed E-state index contributed by atoms with van der Waals surface area (Å²) in [6.07, 6.45) is 4.29. The zero-order valence-corrected chi connectivity index (χ0v) is 32.4. The molecule has 0 spiro atoms. The molecular formula is C40H47ClN6O5S. The Bertz CT molecular complexity index is 2100. The van der Waals surface area contributed by atoms with E-state index in [4.69, 9.17) is 16.3 Å². The lowest BCUT2D eigenvalue weighted by Gasteiger charge is -2.33. The van der Waals surface area contributed by atoms with Crippen molar-refractivity contribution in [2.75, 3.05) is 23.7 Å². The Hall–Kier alpha value is -4.52. The van der Waals surface area contributed by atoms with E-state index in [1.807, 2.05) is 26.0 Å². The van der Waals surface area contributed by atoms with Crippen LogP contribution in [0.2, 0.25) is 5.02 Å². The molecule has 2 amide bonds. The predicted octanol–water partition coefficient (Wildman–Crippen LogP) is 7.79. The fourth-order valence-electron chi connectivity index (χ4n) is 7.01. The summed E-state index contributed by atoms with van der Waals surface area (Å²) in [5, 5.41) is 8.55. The maximum Gasteiger partial charge on any atom is 0.234 e. The van der Waals surface area contributed by atoms with Gasteiger partial charge in [-0.05, 0) is 119 Å². The topological polar surface area (TPSA) is 143 Å². The fourth-order valence-corrected chi connectivity index (χ4v) is 8.35. The number of aromatic nitrogens is 2. The molecule has 1 atom stereocenters. The van der Waals surface area contributed by atoms with Crippen molar-refractivity contribution < 1.29 is 22.7 Å². The molecule has 4 aromatic rings. The second-order valence-corrected chi connectivity index (χ2v) is 17.3. The van der Waals surface area contributed by atoms with Crippen LogP contribution in [0, 0.1) is 6.92 Å². The third-order valence-corrected chi connectivity index (χ3v) is 12.3. The van der Waals surface area contributed by atoms with E-state index in [2.05, 4.69) is 62.0 Å². The van der Waals surface area contributed by atoms with Crippen LogP contribution in [0.1, 0.15) is 87.5 Å². The standard InChI is InChI=1S/C40H47ClN6O5S/c1-24(2)52-35-21-31(28-15-17-47(18-16-28)23-27-9-8-10-29(20-27)30-13-14-37(48)45-39(30)49)26(5)19-34(35)44-40-42-22-32(41)38(46-40)43-33-11-6-7-12-36(33)53(50,51)25(3)4/h6-12,19-22,24-25,28,30H,13-18,23H2,1-5H3,(H,45,48,49)(H2,42,43,44,46). The lowest BCUT2D eigenvalue weighted by Crippen LogP contribution is -2.39. The molecule has 1 aromatic heterocycles. The molecule has 3 heterocycles. The molecule has 53 heavy (non-hydrogen) atoms. The molecule has 1 unspecified atom stereocenters. The summed E-state index contributed by atoms with van der Waals surface area (Å²) in [7, 11) is -3.57. The normalized spacial score (nSPS) is 17.2. The molecule has 3 aromatic carbocycles. The van der Waals surface area contributed by atoms with E-state index >= 15 is 0 Å². The van der Waals surface area contributed by atoms with Crippen LogP contribution < -0.4 is 20.7 Å². The number of nitrogens with one attached hydrogen (secondary N) is 3. The summed E-state index contributed by atoms with van der Waals surface area (Å²) < 4.78 is 32.4. The van der Waals surface area contributed by atoms with E-state index in [1.54, 1.807) is 38.1 Å². The van der Waals surface area contributed by atoms with Crippen LogP contribution in [-0.4, -0.2) is 59.5 Å². The number of anilines is 4. The number of ether oxygens (including phenoxy) is 1. The van der Waals surface area contributed by atoms with E-state index in [-0.39, 0.29) is 45.5 Å². The van der Waals surface area contributed by atoms with E-state index < -0.39 is 15.1 Å². The first kappa shape index (κ1) is 38.2. The number of carbonyl (C=O) groups is 2. The number of sulfone groups is 1. The molecule has 3 N–H and O–H groups in total. The minimum atomic E-state index is -3.57. The number of hydrogen-bond donors (Lipinski definition) is 3. The van der Waals surface area contributed by atoms with Gasteiger partial charge >= 0.3 is 0 Å². The molecular weight excluding hydrogens is 712 g/mol. The number of benzene rings is 3. The molecule has 6 rings (SSSR count). The number of likely N-dealkylation sites (tertiary alicyclic amines) is 1. The van der Waals surface area contributed by atoms with Crippen LogP contribution in [0.4, 0.5) is 23.1 Å². The first-order valence-electron chi connectivity index (χ1n) is 18.1. The summed E-state index contributed by atoms with van der Waals surface area (Å²) >= 11 is 6.50. The van der Waals surface area contributed by atoms with Crippen LogP contribution >= 0.6 is 11.6 Å². The monoisotopic (exact) mass is 758 g/mol. The third-order valence-electron chi connectivity index (χ3n) is 9.81. The number of carbonyl (C=O) groups excluding carboxylic acids is 2. The van der Waals surface area contributed by atoms with Crippen molar-refractivity contribution in [1.82, 2.24) is 20.2 Å². The number of para-hydroxylation sites is 1. The van der Waals surface area contributed by atoms with Crippen molar-refractivity contribution in [2.24, 2.45) is 0 Å². The fraction of sp³-hybridized carbons (Fsp3) is 0.400. The Kier molecular flexibility index (Phi) is 11.7. The molecule has 0 aliphatic carbocycles. The Morgan fingerprint density at radius 2 is 1.72 bits per heavy atom. The van der Waals surface area contributed by atoms with Crippen molar-refractivity contribution in [3.8, 4) is 5.75 Å². The maximum atomic E-state index is 13.1. The SMILES string of the molecule is Cc1cc(Nc2ncc(Cl)c(Nc3ccccc3S(=O)(=O)C(C)C)n2)c(OC(C)C)cc1C1CCN(Cc2cccc(C3CCC(=O)NC3=O)c2)CC1. The molecule has 2 fully saturated rings. The Balaban J connectivity index is 1.16. The maximum absolute atomic E-state index is 13.1. The average Bonchev–Trinajstić information content (AvgIpc) is 3.11. The second-order valence-electron chi connectivity index (χ2n) is 14.4. The molecule has 0 radical (unpaired) electrons. The second kappa shape index (κ2) is 16.2. The van der Waals surface area contributed by atoms with Gasteiger partial charge in [-0.2, -0.15) is 4.98 Å². The molecule has 0 bridgehead atoms. The quantitative estimate of drug-likeness (QED) is 0.123. The zero-order chi connectivity index (χ0) is 37.9. The van der Waals surface area contributed by atoms with Gasteiger partial charge in [0.05, 0.1) is 39.7 Å². The summed E-state index contributed by atoms with van der Waals surface area (Å²) in [5.74, 6) is 0.890. The van der Waals surface area contributed by atoms with Gasteiger partial charge in [0, 0.05) is 13.0 Å². The third kappa shape index (κ3) is 9.00. The van der Waals surface area contributed by atoms with Gasteiger partial charge in [-0.15, -0.1) is 0 Å². The molecule has 2 aliphatic rings. The van der Waals surface area contributed by atoms with Gasteiger partial charge in [-0.3, -0.25) is 19.8 Å². The Morgan fingerprint density at radius 3 is 2.43 bits per heavy atom. The largest absolute Gasteiger partial charge is 0.489 e. The molecule has 11 nitrogen and oxygen atoms in total. The van der Waals surface area contributed by atoms with Crippen LogP contribution in [0.15, 0.2) is 71.8 Å². The number of amides is 2. The Morgan fingerprint density at radius 1 is 0.962 bits per heavy atom. The van der Waals surface area contributed by atoms with E-state index in [0.29, 0.717) is 35.9 Å². The minimum Gasteiger partial charge on any atom is -0.489 e. The highest BCUT2D eigenvalue weighted by molar-refractivity contribution is 7.92. The number of nitrogens with zero attached hydrogens (tertiary/aromatic N) is 3. The van der Waals surface area contributed by atoms with Crippen molar-refractivity contribution in [2.45, 2.75) is 94.9 Å². The Labute approximate surface area is 316 Å². The van der Waals surface area contributed by atoms with E-state index in [1.165, 1.54) is 11.8 Å². The average molecular weight is 759 g/mol. The highest BCUT2D eigenvalue weighted by Gasteiger charge is 2.29. The van der Waals surface area contributed by atoms with Gasteiger partial charge in [0.2, 0.25) is 17.8 Å². The summed E-state index contributed by atoms with van der Waals surface area (Å²) in [6, 6.07) is 19.1. The molecule has 0 saturated carbocycles. The highest BCUT2D eigenvalue weighted by atomic mass is 35.5. The first-order chi connectivity index (χ1) is 25.3. The molecule has 13 heteroatoms. The molecule has 2 aliphatic heterocycles. The minimum absolute atomic E-state index is 0.0772. The van der Waals surface area contributed by atoms with Gasteiger partial charge in [-0.1, -0.05) is 48.0 Å². The van der Waals surface area contributed by atoms with Gasteiger partial charge < -0.3 is 15.4 Å². The van der Waals surface area contributed by atoms with Crippen LogP contribution in [0.5, 0.6) is 5.75 Å².